The van der Waals surface area contributed by atoms with Gasteiger partial charge in [-0.25, -0.2) is 9.69 Å². The second kappa shape index (κ2) is 16.4. The lowest BCUT2D eigenvalue weighted by molar-refractivity contribution is -0.141. The molecule has 1 aromatic heterocycles. The molecule has 43 heavy (non-hydrogen) atoms. The Kier molecular flexibility index (Phi) is 12.4. The molecule has 0 bridgehead atoms. The monoisotopic (exact) mass is 604 g/mol. The predicted molar refractivity (Wildman–Crippen MR) is 171 cm³/mol. The molecule has 1 aliphatic heterocycles. The third-order valence-electron chi connectivity index (χ3n) is 7.99. The van der Waals surface area contributed by atoms with Crippen molar-refractivity contribution in [1.82, 2.24) is 10.2 Å². The van der Waals surface area contributed by atoms with Gasteiger partial charge in [-0.3, -0.25) is 9.59 Å². The Hall–Kier alpha value is -3.49. The summed E-state index contributed by atoms with van der Waals surface area (Å²) in [4.78, 5) is 41.1. The maximum absolute atomic E-state index is 13.6. The zero-order valence-electron chi connectivity index (χ0n) is 25.6. The lowest BCUT2D eigenvalue weighted by Crippen LogP contribution is -2.47. The van der Waals surface area contributed by atoms with Crippen molar-refractivity contribution >= 4 is 29.2 Å². The number of benzene rings is 2. The van der Waals surface area contributed by atoms with Crippen LogP contribution in [-0.2, 0) is 38.3 Å². The fourth-order valence-electron chi connectivity index (χ4n) is 5.62. The van der Waals surface area contributed by atoms with Gasteiger partial charge in [-0.2, -0.15) is 0 Å². The van der Waals surface area contributed by atoms with E-state index in [4.69, 9.17) is 9.47 Å². The number of thiophene rings is 1. The molecule has 0 spiro atoms. The summed E-state index contributed by atoms with van der Waals surface area (Å²) in [5.41, 5.74) is 4.19. The molecule has 0 saturated carbocycles. The largest absolute Gasteiger partial charge is 0.447 e. The van der Waals surface area contributed by atoms with E-state index in [0.29, 0.717) is 19.4 Å². The van der Waals surface area contributed by atoms with Crippen LogP contribution in [-0.4, -0.2) is 55.2 Å². The molecule has 3 atom stereocenters. The quantitative estimate of drug-likeness (QED) is 0.181. The maximum atomic E-state index is 13.6. The molecule has 3 unspecified atom stereocenters. The zero-order chi connectivity index (χ0) is 30.6. The fourth-order valence-corrected chi connectivity index (χ4v) is 6.59. The van der Waals surface area contributed by atoms with Crippen molar-refractivity contribution in [3.8, 4) is 11.1 Å². The Morgan fingerprint density at radius 1 is 1.00 bits per heavy atom. The van der Waals surface area contributed by atoms with E-state index in [2.05, 4.69) is 35.8 Å². The number of imide groups is 1. The SMILES string of the molecule is CCCCCCC(Cc1cc(-c2ccc(CC(OCC)C(=O)N3C(=O)OCC3Cc3ccccc3)cc2)cs1)C(=O)NC. The summed E-state index contributed by atoms with van der Waals surface area (Å²) in [6, 6.07) is 19.7. The first kappa shape index (κ1) is 32.4. The van der Waals surface area contributed by atoms with Gasteiger partial charge >= 0.3 is 6.09 Å². The lowest BCUT2D eigenvalue weighted by Gasteiger charge is -2.25. The second-order valence-electron chi connectivity index (χ2n) is 11.1. The summed E-state index contributed by atoms with van der Waals surface area (Å²) in [7, 11) is 1.71. The van der Waals surface area contributed by atoms with Crippen LogP contribution in [0.25, 0.3) is 11.1 Å². The van der Waals surface area contributed by atoms with E-state index >= 15 is 0 Å². The van der Waals surface area contributed by atoms with Crippen LogP contribution in [0, 0.1) is 5.92 Å². The number of rotatable bonds is 16. The predicted octanol–water partition coefficient (Wildman–Crippen LogP) is 6.83. The summed E-state index contributed by atoms with van der Waals surface area (Å²) in [5.74, 6) is -0.260. The molecule has 4 rings (SSSR count). The minimum atomic E-state index is -0.786. The average molecular weight is 605 g/mol. The molecule has 7 nitrogen and oxygen atoms in total. The van der Waals surface area contributed by atoms with Gasteiger partial charge in [0.1, 0.15) is 12.7 Å². The second-order valence-corrected chi connectivity index (χ2v) is 12.1. The summed E-state index contributed by atoms with van der Waals surface area (Å²) >= 11 is 1.69. The highest BCUT2D eigenvalue weighted by atomic mass is 32.1. The van der Waals surface area contributed by atoms with Crippen LogP contribution < -0.4 is 5.32 Å². The van der Waals surface area contributed by atoms with Gasteiger partial charge in [0.15, 0.2) is 0 Å². The van der Waals surface area contributed by atoms with Crippen LogP contribution in [0.4, 0.5) is 4.79 Å². The van der Waals surface area contributed by atoms with Crippen molar-refractivity contribution in [3.05, 3.63) is 82.0 Å². The summed E-state index contributed by atoms with van der Waals surface area (Å²) in [6.45, 7) is 4.58. The molecule has 1 saturated heterocycles. The Labute approximate surface area is 259 Å². The Balaban J connectivity index is 1.40. The van der Waals surface area contributed by atoms with Crippen LogP contribution >= 0.6 is 11.3 Å². The van der Waals surface area contributed by atoms with Gasteiger partial charge in [0, 0.05) is 30.9 Å². The first-order valence-electron chi connectivity index (χ1n) is 15.5. The van der Waals surface area contributed by atoms with Crippen LogP contribution in [0.2, 0.25) is 0 Å². The first-order chi connectivity index (χ1) is 20.9. The summed E-state index contributed by atoms with van der Waals surface area (Å²) in [5, 5.41) is 4.98. The van der Waals surface area contributed by atoms with Crippen molar-refractivity contribution < 1.29 is 23.9 Å². The lowest BCUT2D eigenvalue weighted by atomic mass is 9.95. The molecule has 3 amide bonds. The third-order valence-corrected chi connectivity index (χ3v) is 8.95. The normalized spacial score (nSPS) is 16.1. The van der Waals surface area contributed by atoms with Gasteiger partial charge in [-0.05, 0) is 59.9 Å². The van der Waals surface area contributed by atoms with Gasteiger partial charge in [0.05, 0.1) is 6.04 Å². The molecule has 0 radical (unpaired) electrons. The number of unbranched alkanes of at least 4 members (excludes halogenated alkanes) is 3. The van der Waals surface area contributed by atoms with Crippen LogP contribution in [0.5, 0.6) is 0 Å². The van der Waals surface area contributed by atoms with Crippen LogP contribution in [0.15, 0.2) is 66.0 Å². The molecule has 3 aromatic rings. The highest BCUT2D eigenvalue weighted by Gasteiger charge is 2.41. The molecule has 2 heterocycles. The van der Waals surface area contributed by atoms with Gasteiger partial charge in [0.2, 0.25) is 5.91 Å². The van der Waals surface area contributed by atoms with Gasteiger partial charge in [-0.1, -0.05) is 87.2 Å². The van der Waals surface area contributed by atoms with Crippen LogP contribution in [0.1, 0.15) is 62.0 Å². The van der Waals surface area contributed by atoms with Crippen molar-refractivity contribution in [3.63, 3.8) is 0 Å². The fraction of sp³-hybridized carbons (Fsp3) is 0.457. The molecule has 8 heteroatoms. The zero-order valence-corrected chi connectivity index (χ0v) is 26.4. The van der Waals surface area contributed by atoms with Gasteiger partial charge in [0.25, 0.3) is 5.91 Å². The molecular weight excluding hydrogens is 560 g/mol. The van der Waals surface area contributed by atoms with Crippen molar-refractivity contribution in [2.45, 2.75) is 77.4 Å². The van der Waals surface area contributed by atoms with Crippen molar-refractivity contribution in [2.75, 3.05) is 20.3 Å². The molecule has 1 N–H and O–H groups in total. The number of cyclic esters (lactones) is 1. The number of ether oxygens (including phenoxy) is 2. The Morgan fingerprint density at radius 3 is 2.47 bits per heavy atom. The third kappa shape index (κ3) is 9.00. The van der Waals surface area contributed by atoms with E-state index in [9.17, 15) is 14.4 Å². The van der Waals surface area contributed by atoms with E-state index in [-0.39, 0.29) is 30.4 Å². The van der Waals surface area contributed by atoms with Crippen molar-refractivity contribution in [2.24, 2.45) is 5.92 Å². The molecular formula is C35H44N2O5S. The number of carbonyl (C=O) groups excluding carboxylic acids is 3. The average Bonchev–Trinajstić information content (AvgIpc) is 3.64. The highest BCUT2D eigenvalue weighted by Crippen LogP contribution is 2.29. The Bertz CT molecular complexity index is 1320. The highest BCUT2D eigenvalue weighted by molar-refractivity contribution is 7.10. The first-order valence-corrected chi connectivity index (χ1v) is 16.3. The number of nitrogens with one attached hydrogen (secondary N) is 1. The Morgan fingerprint density at radius 2 is 1.77 bits per heavy atom. The topological polar surface area (TPSA) is 84.9 Å². The van der Waals surface area contributed by atoms with Gasteiger partial charge in [-0.15, -0.1) is 11.3 Å². The smallest absolute Gasteiger partial charge is 0.417 e. The number of hydrogen-bond acceptors (Lipinski definition) is 6. The van der Waals surface area contributed by atoms with E-state index in [1.54, 1.807) is 18.4 Å². The minimum Gasteiger partial charge on any atom is -0.447 e. The summed E-state index contributed by atoms with van der Waals surface area (Å²) < 4.78 is 11.1. The molecule has 1 aliphatic rings. The van der Waals surface area contributed by atoms with Crippen molar-refractivity contribution in [1.29, 1.82) is 0 Å². The van der Waals surface area contributed by atoms with E-state index < -0.39 is 12.2 Å². The molecule has 2 aromatic carbocycles. The maximum Gasteiger partial charge on any atom is 0.417 e. The molecule has 230 valence electrons. The number of hydrogen-bond donors (Lipinski definition) is 1. The van der Waals surface area contributed by atoms with Gasteiger partial charge < -0.3 is 14.8 Å². The number of amides is 3. The number of nitrogens with zero attached hydrogens (tertiary/aromatic N) is 1. The molecule has 0 aliphatic carbocycles. The van der Waals surface area contributed by atoms with E-state index in [0.717, 1.165) is 47.9 Å². The number of carbonyl (C=O) groups is 3. The minimum absolute atomic E-state index is 0.0102. The standard InChI is InChI=1S/C35H44N2O5S/c1-4-6-7-11-14-28(33(38)36-3)21-31-22-29(24-43-31)27-17-15-26(16-18-27)20-32(41-5-2)34(39)37-30(23-42-35(37)40)19-25-12-9-8-10-13-25/h8-10,12-13,15-18,22,24,28,30,32H,4-7,11,14,19-21,23H2,1-3H3,(H,36,38). The molecule has 1 fully saturated rings. The van der Waals surface area contributed by atoms with E-state index in [1.165, 1.54) is 22.6 Å². The summed E-state index contributed by atoms with van der Waals surface area (Å²) in [6.07, 6.45) is 5.78. The van der Waals surface area contributed by atoms with E-state index in [1.807, 2.05) is 49.4 Å². The van der Waals surface area contributed by atoms with Crippen LogP contribution in [0.3, 0.4) is 0 Å².